The van der Waals surface area contributed by atoms with Crippen molar-refractivity contribution in [3.8, 4) is 0 Å². The Balaban J connectivity index is 1.69. The number of aryl methyl sites for hydroxylation is 1. The summed E-state index contributed by atoms with van der Waals surface area (Å²) < 4.78 is 26.4. The molecule has 2 rings (SSSR count). The molecular formula is C14H22N2O2S. The summed E-state index contributed by atoms with van der Waals surface area (Å²) in [4.78, 5) is 0. The van der Waals surface area contributed by atoms with Crippen molar-refractivity contribution in [3.05, 3.63) is 35.9 Å². The van der Waals surface area contributed by atoms with Gasteiger partial charge in [0.15, 0.2) is 0 Å². The molecule has 19 heavy (non-hydrogen) atoms. The highest BCUT2D eigenvalue weighted by Crippen LogP contribution is 2.08. The maximum Gasteiger partial charge on any atom is 0.211 e. The SMILES string of the molecule is O=S(=O)(CCc1ccccc1)NCC[C@@H]1CCCN1. The predicted molar refractivity (Wildman–Crippen MR) is 77.6 cm³/mol. The summed E-state index contributed by atoms with van der Waals surface area (Å²) in [5.74, 6) is 0.162. The van der Waals surface area contributed by atoms with Crippen LogP contribution in [0.4, 0.5) is 0 Å². The maximum atomic E-state index is 11.8. The van der Waals surface area contributed by atoms with Crippen molar-refractivity contribution in [1.82, 2.24) is 10.0 Å². The summed E-state index contributed by atoms with van der Waals surface area (Å²) in [6.07, 6.45) is 3.81. The highest BCUT2D eigenvalue weighted by molar-refractivity contribution is 7.89. The number of sulfonamides is 1. The third-order valence-electron chi connectivity index (χ3n) is 3.48. The van der Waals surface area contributed by atoms with E-state index in [0.717, 1.165) is 24.9 Å². The van der Waals surface area contributed by atoms with Crippen molar-refractivity contribution in [2.75, 3.05) is 18.8 Å². The van der Waals surface area contributed by atoms with Crippen molar-refractivity contribution in [2.24, 2.45) is 0 Å². The molecule has 1 aromatic carbocycles. The van der Waals surface area contributed by atoms with E-state index in [1.54, 1.807) is 0 Å². The van der Waals surface area contributed by atoms with Crippen LogP contribution in [0.15, 0.2) is 30.3 Å². The van der Waals surface area contributed by atoms with E-state index in [-0.39, 0.29) is 5.75 Å². The Bertz CT molecular complexity index is 467. The average Bonchev–Trinajstić information content (AvgIpc) is 2.91. The summed E-state index contributed by atoms with van der Waals surface area (Å²) >= 11 is 0. The van der Waals surface area contributed by atoms with Crippen molar-refractivity contribution in [1.29, 1.82) is 0 Å². The summed E-state index contributed by atoms with van der Waals surface area (Å²) in [7, 11) is -3.15. The summed E-state index contributed by atoms with van der Waals surface area (Å²) in [5, 5.41) is 3.37. The molecule has 0 bridgehead atoms. The summed E-state index contributed by atoms with van der Waals surface area (Å²) in [5.41, 5.74) is 1.06. The first-order valence-electron chi connectivity index (χ1n) is 6.90. The Morgan fingerprint density at radius 1 is 1.26 bits per heavy atom. The molecule has 0 spiro atoms. The largest absolute Gasteiger partial charge is 0.314 e. The molecule has 4 nitrogen and oxygen atoms in total. The van der Waals surface area contributed by atoms with E-state index in [2.05, 4.69) is 10.0 Å². The zero-order chi connectivity index (χ0) is 13.6. The summed E-state index contributed by atoms with van der Waals surface area (Å²) in [6, 6.07) is 10.2. The number of rotatable bonds is 7. The smallest absolute Gasteiger partial charge is 0.211 e. The van der Waals surface area contributed by atoms with Gasteiger partial charge in [-0.1, -0.05) is 30.3 Å². The molecule has 0 unspecified atom stereocenters. The molecule has 0 aromatic heterocycles. The molecule has 106 valence electrons. The van der Waals surface area contributed by atoms with E-state index in [4.69, 9.17) is 0 Å². The van der Waals surface area contributed by atoms with E-state index in [9.17, 15) is 8.42 Å². The van der Waals surface area contributed by atoms with Crippen molar-refractivity contribution < 1.29 is 8.42 Å². The van der Waals surface area contributed by atoms with Gasteiger partial charge in [0.1, 0.15) is 0 Å². The number of hydrogen-bond acceptors (Lipinski definition) is 3. The zero-order valence-electron chi connectivity index (χ0n) is 11.1. The molecule has 1 fully saturated rings. The third kappa shape index (κ3) is 5.30. The van der Waals surface area contributed by atoms with Crippen LogP contribution in [0.5, 0.6) is 0 Å². The minimum absolute atomic E-state index is 0.162. The van der Waals surface area contributed by atoms with Crippen molar-refractivity contribution in [2.45, 2.75) is 31.7 Å². The minimum Gasteiger partial charge on any atom is -0.314 e. The molecular weight excluding hydrogens is 260 g/mol. The van der Waals surface area contributed by atoms with Crippen LogP contribution >= 0.6 is 0 Å². The first kappa shape index (κ1) is 14.5. The number of hydrogen-bond donors (Lipinski definition) is 2. The average molecular weight is 282 g/mol. The first-order chi connectivity index (χ1) is 9.16. The van der Waals surface area contributed by atoms with Crippen LogP contribution in [0.1, 0.15) is 24.8 Å². The highest BCUT2D eigenvalue weighted by atomic mass is 32.2. The van der Waals surface area contributed by atoms with Gasteiger partial charge in [0.2, 0.25) is 10.0 Å². The lowest BCUT2D eigenvalue weighted by atomic mass is 10.2. The lowest BCUT2D eigenvalue weighted by molar-refractivity contribution is 0.539. The molecule has 0 aliphatic carbocycles. The molecule has 2 N–H and O–H groups in total. The second-order valence-corrected chi connectivity index (χ2v) is 6.96. The molecule has 1 atom stereocenters. The molecule has 1 aromatic rings. The van der Waals surface area contributed by atoms with Gasteiger partial charge in [0.25, 0.3) is 0 Å². The first-order valence-corrected chi connectivity index (χ1v) is 8.55. The minimum atomic E-state index is -3.15. The van der Waals surface area contributed by atoms with Crippen LogP contribution in [-0.4, -0.2) is 33.3 Å². The molecule has 0 amide bonds. The fraction of sp³-hybridized carbons (Fsp3) is 0.571. The van der Waals surface area contributed by atoms with E-state index < -0.39 is 10.0 Å². The van der Waals surface area contributed by atoms with Gasteiger partial charge in [-0.3, -0.25) is 0 Å². The Morgan fingerprint density at radius 3 is 2.74 bits per heavy atom. The number of benzene rings is 1. The predicted octanol–water partition coefficient (Wildman–Crippen LogP) is 1.29. The van der Waals surface area contributed by atoms with Gasteiger partial charge in [-0.05, 0) is 37.8 Å². The third-order valence-corrected chi connectivity index (χ3v) is 4.86. The Kier molecular flexibility index (Phi) is 5.36. The van der Waals surface area contributed by atoms with Gasteiger partial charge < -0.3 is 5.32 Å². The second kappa shape index (κ2) is 7.03. The lowest BCUT2D eigenvalue weighted by Crippen LogP contribution is -2.32. The van der Waals surface area contributed by atoms with Crippen molar-refractivity contribution in [3.63, 3.8) is 0 Å². The van der Waals surface area contributed by atoms with Crippen LogP contribution in [-0.2, 0) is 16.4 Å². The summed E-state index contributed by atoms with van der Waals surface area (Å²) in [6.45, 7) is 1.60. The van der Waals surface area contributed by atoms with Gasteiger partial charge >= 0.3 is 0 Å². The van der Waals surface area contributed by atoms with Gasteiger partial charge in [-0.2, -0.15) is 0 Å². The Labute approximate surface area is 115 Å². The molecule has 1 aliphatic heterocycles. The monoisotopic (exact) mass is 282 g/mol. The molecule has 1 aliphatic rings. The molecule has 0 saturated carbocycles. The van der Waals surface area contributed by atoms with Crippen LogP contribution in [0.2, 0.25) is 0 Å². The second-order valence-electron chi connectivity index (χ2n) is 5.03. The number of nitrogens with one attached hydrogen (secondary N) is 2. The highest BCUT2D eigenvalue weighted by Gasteiger charge is 2.15. The van der Waals surface area contributed by atoms with Crippen LogP contribution in [0.25, 0.3) is 0 Å². The molecule has 1 saturated heterocycles. The molecule has 0 radical (unpaired) electrons. The lowest BCUT2D eigenvalue weighted by Gasteiger charge is -2.11. The van der Waals surface area contributed by atoms with E-state index >= 15 is 0 Å². The van der Waals surface area contributed by atoms with Crippen LogP contribution in [0, 0.1) is 0 Å². The normalized spacial score (nSPS) is 19.7. The quantitative estimate of drug-likeness (QED) is 0.792. The topological polar surface area (TPSA) is 58.2 Å². The van der Waals surface area contributed by atoms with Gasteiger partial charge in [-0.15, -0.1) is 0 Å². The maximum absolute atomic E-state index is 11.8. The zero-order valence-corrected chi connectivity index (χ0v) is 12.0. The van der Waals surface area contributed by atoms with Crippen LogP contribution in [0.3, 0.4) is 0 Å². The fourth-order valence-corrected chi connectivity index (χ4v) is 3.44. The van der Waals surface area contributed by atoms with Crippen molar-refractivity contribution >= 4 is 10.0 Å². The fourth-order valence-electron chi connectivity index (χ4n) is 2.36. The van der Waals surface area contributed by atoms with Gasteiger partial charge in [0, 0.05) is 12.6 Å². The standard InChI is InChI=1S/C14H22N2O2S/c17-19(18,12-9-13-5-2-1-3-6-13)16-11-8-14-7-4-10-15-14/h1-3,5-6,14-16H,4,7-12H2/t14-/m0/s1. The molecule has 5 heteroatoms. The van der Waals surface area contributed by atoms with E-state index in [1.165, 1.54) is 6.42 Å². The van der Waals surface area contributed by atoms with E-state index in [0.29, 0.717) is 19.0 Å². The van der Waals surface area contributed by atoms with Crippen LogP contribution < -0.4 is 10.0 Å². The Morgan fingerprint density at radius 2 is 2.05 bits per heavy atom. The van der Waals surface area contributed by atoms with E-state index in [1.807, 2.05) is 30.3 Å². The Hall–Kier alpha value is -0.910. The van der Waals surface area contributed by atoms with Gasteiger partial charge in [-0.25, -0.2) is 13.1 Å². The molecule has 1 heterocycles. The van der Waals surface area contributed by atoms with Gasteiger partial charge in [0.05, 0.1) is 5.75 Å².